The lowest BCUT2D eigenvalue weighted by Gasteiger charge is -2.30. The SMILES string of the molecule is Cc1cccc(-c2ncc3c(n2)N(c2ccncc2C#N)CCC3)n1. The lowest BCUT2D eigenvalue weighted by Crippen LogP contribution is -2.27. The number of rotatable bonds is 2. The van der Waals surface area contributed by atoms with E-state index in [2.05, 4.69) is 25.9 Å². The van der Waals surface area contributed by atoms with Gasteiger partial charge in [0.25, 0.3) is 0 Å². The summed E-state index contributed by atoms with van der Waals surface area (Å²) >= 11 is 0. The number of nitriles is 1. The average molecular weight is 328 g/mol. The van der Waals surface area contributed by atoms with Gasteiger partial charge in [-0.05, 0) is 38.0 Å². The molecule has 122 valence electrons. The lowest BCUT2D eigenvalue weighted by atomic mass is 10.1. The van der Waals surface area contributed by atoms with Gasteiger partial charge in [0.1, 0.15) is 17.6 Å². The molecule has 4 rings (SSSR count). The fourth-order valence-corrected chi connectivity index (χ4v) is 3.08. The molecule has 6 nitrogen and oxygen atoms in total. The molecule has 0 radical (unpaired) electrons. The highest BCUT2D eigenvalue weighted by Gasteiger charge is 2.23. The van der Waals surface area contributed by atoms with Crippen molar-refractivity contribution >= 4 is 11.5 Å². The van der Waals surface area contributed by atoms with Gasteiger partial charge >= 0.3 is 0 Å². The van der Waals surface area contributed by atoms with Crippen LogP contribution in [0.3, 0.4) is 0 Å². The number of aromatic nitrogens is 4. The number of hydrogen-bond acceptors (Lipinski definition) is 6. The Hall–Kier alpha value is -3.33. The van der Waals surface area contributed by atoms with Gasteiger partial charge in [-0.15, -0.1) is 0 Å². The van der Waals surface area contributed by atoms with E-state index in [0.29, 0.717) is 11.4 Å². The van der Waals surface area contributed by atoms with Gasteiger partial charge in [-0.2, -0.15) is 5.26 Å². The minimum Gasteiger partial charge on any atom is -0.325 e. The summed E-state index contributed by atoms with van der Waals surface area (Å²) in [5, 5.41) is 9.40. The van der Waals surface area contributed by atoms with E-state index >= 15 is 0 Å². The second-order valence-electron chi connectivity index (χ2n) is 5.97. The minimum absolute atomic E-state index is 0.546. The fourth-order valence-electron chi connectivity index (χ4n) is 3.08. The van der Waals surface area contributed by atoms with Crippen LogP contribution in [0, 0.1) is 18.3 Å². The van der Waals surface area contributed by atoms with Crippen molar-refractivity contribution in [1.82, 2.24) is 19.9 Å². The van der Waals surface area contributed by atoms with Crippen LogP contribution in [-0.2, 0) is 6.42 Å². The quantitative estimate of drug-likeness (QED) is 0.719. The third-order valence-electron chi connectivity index (χ3n) is 4.25. The Morgan fingerprint density at radius 3 is 2.92 bits per heavy atom. The van der Waals surface area contributed by atoms with Crippen molar-refractivity contribution in [2.75, 3.05) is 11.4 Å². The van der Waals surface area contributed by atoms with Crippen LogP contribution in [0.2, 0.25) is 0 Å². The van der Waals surface area contributed by atoms with Crippen LogP contribution in [0.25, 0.3) is 11.5 Å². The van der Waals surface area contributed by atoms with Crippen LogP contribution in [0.1, 0.15) is 23.2 Å². The van der Waals surface area contributed by atoms with Gasteiger partial charge < -0.3 is 4.90 Å². The third-order valence-corrected chi connectivity index (χ3v) is 4.25. The van der Waals surface area contributed by atoms with Crippen LogP contribution >= 0.6 is 0 Å². The van der Waals surface area contributed by atoms with E-state index in [1.54, 1.807) is 12.4 Å². The summed E-state index contributed by atoms with van der Waals surface area (Å²) in [5.74, 6) is 1.45. The first kappa shape index (κ1) is 15.2. The molecule has 1 aliphatic heterocycles. The number of hydrogen-bond donors (Lipinski definition) is 0. The molecule has 3 aromatic heterocycles. The number of fused-ring (bicyclic) bond motifs is 1. The Labute approximate surface area is 145 Å². The van der Waals surface area contributed by atoms with Crippen LogP contribution in [-0.4, -0.2) is 26.5 Å². The Morgan fingerprint density at radius 1 is 1.16 bits per heavy atom. The molecule has 0 spiro atoms. The van der Waals surface area contributed by atoms with Gasteiger partial charge in [-0.1, -0.05) is 6.07 Å². The molecule has 0 atom stereocenters. The Bertz CT molecular complexity index is 976. The summed E-state index contributed by atoms with van der Waals surface area (Å²) in [4.78, 5) is 19.9. The molecule has 0 aromatic carbocycles. The van der Waals surface area contributed by atoms with Crippen molar-refractivity contribution in [1.29, 1.82) is 5.26 Å². The maximum atomic E-state index is 9.40. The molecular formula is C19H16N6. The standard InChI is InChI=1S/C19H16N6/c1-13-4-2-6-16(23-13)18-22-12-14-5-3-9-25(19(14)24-18)17-7-8-21-11-15(17)10-20/h2,4,6-8,11-12H,3,5,9H2,1H3. The average Bonchev–Trinajstić information content (AvgIpc) is 2.67. The molecule has 25 heavy (non-hydrogen) atoms. The maximum absolute atomic E-state index is 9.40. The summed E-state index contributed by atoms with van der Waals surface area (Å²) in [6.07, 6.45) is 7.09. The normalized spacial score (nSPS) is 13.2. The molecule has 1 aliphatic rings. The van der Waals surface area contributed by atoms with Crippen LogP contribution < -0.4 is 4.90 Å². The summed E-state index contributed by atoms with van der Waals surface area (Å²) < 4.78 is 0. The molecule has 4 heterocycles. The number of pyridine rings is 2. The Morgan fingerprint density at radius 2 is 2.08 bits per heavy atom. The van der Waals surface area contributed by atoms with Crippen molar-refractivity contribution in [2.24, 2.45) is 0 Å². The second kappa shape index (κ2) is 6.29. The molecule has 0 unspecified atom stereocenters. The number of nitrogens with zero attached hydrogens (tertiary/aromatic N) is 6. The monoisotopic (exact) mass is 328 g/mol. The highest BCUT2D eigenvalue weighted by Crippen LogP contribution is 2.34. The summed E-state index contributed by atoms with van der Waals surface area (Å²) in [6.45, 7) is 2.76. The van der Waals surface area contributed by atoms with E-state index in [0.717, 1.165) is 47.8 Å². The van der Waals surface area contributed by atoms with E-state index in [-0.39, 0.29) is 0 Å². The number of aryl methyl sites for hydroxylation is 2. The predicted molar refractivity (Wildman–Crippen MR) is 94.3 cm³/mol. The maximum Gasteiger partial charge on any atom is 0.180 e. The van der Waals surface area contributed by atoms with Gasteiger partial charge in [0, 0.05) is 36.4 Å². The van der Waals surface area contributed by atoms with Gasteiger partial charge in [0.15, 0.2) is 5.82 Å². The van der Waals surface area contributed by atoms with E-state index in [1.807, 2.05) is 37.4 Å². The first-order valence-corrected chi connectivity index (χ1v) is 8.18. The molecule has 0 bridgehead atoms. The minimum atomic E-state index is 0.546. The van der Waals surface area contributed by atoms with Crippen LogP contribution in [0.5, 0.6) is 0 Å². The summed E-state index contributed by atoms with van der Waals surface area (Å²) in [5.41, 5.74) is 4.15. The first-order valence-electron chi connectivity index (χ1n) is 8.18. The van der Waals surface area contributed by atoms with Gasteiger partial charge in [-0.3, -0.25) is 4.98 Å². The fraction of sp³-hybridized carbons (Fsp3) is 0.211. The molecule has 0 fully saturated rings. The van der Waals surface area contributed by atoms with Gasteiger partial charge in [0.2, 0.25) is 0 Å². The highest BCUT2D eigenvalue weighted by atomic mass is 15.2. The van der Waals surface area contributed by atoms with Crippen molar-refractivity contribution in [2.45, 2.75) is 19.8 Å². The van der Waals surface area contributed by atoms with Crippen molar-refractivity contribution in [3.05, 3.63) is 59.7 Å². The summed E-state index contributed by atoms with van der Waals surface area (Å²) in [6, 6.07) is 9.89. The molecule has 3 aromatic rings. The molecule has 0 saturated heterocycles. The topological polar surface area (TPSA) is 78.6 Å². The van der Waals surface area contributed by atoms with Crippen molar-refractivity contribution < 1.29 is 0 Å². The highest BCUT2D eigenvalue weighted by molar-refractivity contribution is 5.70. The van der Waals surface area contributed by atoms with Crippen molar-refractivity contribution in [3.8, 4) is 17.6 Å². The Kier molecular flexibility index (Phi) is 3.82. The second-order valence-corrected chi connectivity index (χ2v) is 5.97. The Balaban J connectivity index is 1.83. The van der Waals surface area contributed by atoms with Crippen LogP contribution in [0.15, 0.2) is 42.9 Å². The molecule has 0 N–H and O–H groups in total. The lowest BCUT2D eigenvalue weighted by molar-refractivity contribution is 0.746. The predicted octanol–water partition coefficient (Wildman–Crippen LogP) is 3.20. The van der Waals surface area contributed by atoms with E-state index < -0.39 is 0 Å². The molecule has 0 amide bonds. The van der Waals surface area contributed by atoms with E-state index in [4.69, 9.17) is 4.98 Å². The van der Waals surface area contributed by atoms with Gasteiger partial charge in [0.05, 0.1) is 11.3 Å². The first-order chi connectivity index (χ1) is 12.3. The largest absolute Gasteiger partial charge is 0.325 e. The van der Waals surface area contributed by atoms with E-state index in [1.165, 1.54) is 0 Å². The molecule has 0 saturated carbocycles. The zero-order chi connectivity index (χ0) is 17.2. The molecular weight excluding hydrogens is 312 g/mol. The van der Waals surface area contributed by atoms with Crippen molar-refractivity contribution in [3.63, 3.8) is 0 Å². The zero-order valence-corrected chi connectivity index (χ0v) is 13.8. The van der Waals surface area contributed by atoms with Crippen LogP contribution in [0.4, 0.5) is 11.5 Å². The van der Waals surface area contributed by atoms with Gasteiger partial charge in [-0.25, -0.2) is 15.0 Å². The number of anilines is 2. The van der Waals surface area contributed by atoms with E-state index in [9.17, 15) is 5.26 Å². The third kappa shape index (κ3) is 2.81. The summed E-state index contributed by atoms with van der Waals surface area (Å²) in [7, 11) is 0. The smallest absolute Gasteiger partial charge is 0.180 e. The molecule has 0 aliphatic carbocycles. The molecule has 6 heteroatoms. The zero-order valence-electron chi connectivity index (χ0n) is 13.8.